The summed E-state index contributed by atoms with van der Waals surface area (Å²) in [4.78, 5) is 29.9. The highest BCUT2D eigenvalue weighted by atomic mass is 16.6. The van der Waals surface area contributed by atoms with Crippen LogP contribution in [0.15, 0.2) is 57.9 Å². The Morgan fingerprint density at radius 1 is 1.21 bits per heavy atom. The molecule has 0 atom stereocenters. The van der Waals surface area contributed by atoms with Crippen LogP contribution in [-0.2, 0) is 0 Å². The highest BCUT2D eigenvalue weighted by molar-refractivity contribution is 5.94. The number of Topliss-reactive ketones (excluding diaryl/α,β-unsaturated/α-hetero) is 1. The van der Waals surface area contributed by atoms with E-state index in [-0.39, 0.29) is 23.1 Å². The molecule has 0 bridgehead atoms. The molecule has 3 rings (SSSR count). The number of rotatable bonds is 6. The Morgan fingerprint density at radius 3 is 2.64 bits per heavy atom. The van der Waals surface area contributed by atoms with E-state index in [0.29, 0.717) is 16.8 Å². The Kier molecular flexibility index (Phi) is 5.40. The van der Waals surface area contributed by atoms with Crippen molar-refractivity contribution in [1.82, 2.24) is 4.98 Å². The predicted octanol–water partition coefficient (Wildman–Crippen LogP) is 4.41. The fourth-order valence-corrected chi connectivity index (χ4v) is 2.32. The van der Waals surface area contributed by atoms with E-state index in [4.69, 9.17) is 4.42 Å². The molecule has 2 aromatic carbocycles. The number of aromatic nitrogens is 1. The summed E-state index contributed by atoms with van der Waals surface area (Å²) in [5.74, 6) is -0.315. The molecular formula is C20H15N3O5. The van der Waals surface area contributed by atoms with Crippen LogP contribution >= 0.6 is 0 Å². The third kappa shape index (κ3) is 4.55. The highest BCUT2D eigenvalue weighted by Crippen LogP contribution is 2.21. The lowest BCUT2D eigenvalue weighted by atomic mass is 10.1. The first-order valence-electron chi connectivity index (χ1n) is 8.20. The quantitative estimate of drug-likeness (QED) is 0.294. The lowest BCUT2D eigenvalue weighted by Gasteiger charge is -1.95. The van der Waals surface area contributed by atoms with Crippen LogP contribution in [0.2, 0.25) is 0 Å². The molecule has 28 heavy (non-hydrogen) atoms. The zero-order chi connectivity index (χ0) is 20.1. The van der Waals surface area contributed by atoms with Gasteiger partial charge in [-0.15, -0.1) is 0 Å². The van der Waals surface area contributed by atoms with Crippen molar-refractivity contribution in [3.63, 3.8) is 0 Å². The number of oxazole rings is 1. The van der Waals surface area contributed by atoms with Gasteiger partial charge in [0.1, 0.15) is 0 Å². The first kappa shape index (κ1) is 18.7. The number of aromatic hydroxyl groups is 1. The number of aliphatic imine (C=N–C) groups is 1. The molecule has 1 heterocycles. The van der Waals surface area contributed by atoms with Gasteiger partial charge in [0.05, 0.1) is 16.8 Å². The maximum Gasteiger partial charge on any atom is 0.312 e. The van der Waals surface area contributed by atoms with Gasteiger partial charge in [-0.3, -0.25) is 19.9 Å². The van der Waals surface area contributed by atoms with Gasteiger partial charge in [0, 0.05) is 23.8 Å². The second kappa shape index (κ2) is 8.09. The molecule has 0 saturated carbocycles. The third-order valence-electron chi connectivity index (χ3n) is 3.76. The molecule has 0 aliphatic rings. The molecule has 140 valence electrons. The van der Waals surface area contributed by atoms with Crippen LogP contribution in [-0.4, -0.2) is 27.0 Å². The van der Waals surface area contributed by atoms with Crippen molar-refractivity contribution in [3.8, 4) is 5.95 Å². The van der Waals surface area contributed by atoms with Crippen LogP contribution in [0.5, 0.6) is 5.95 Å². The Bertz CT molecular complexity index is 1080. The Morgan fingerprint density at radius 2 is 1.96 bits per heavy atom. The van der Waals surface area contributed by atoms with E-state index in [0.717, 1.165) is 0 Å². The summed E-state index contributed by atoms with van der Waals surface area (Å²) in [6.07, 6.45) is 4.41. The molecule has 0 aliphatic carbocycles. The van der Waals surface area contributed by atoms with E-state index in [1.54, 1.807) is 42.5 Å². The summed E-state index contributed by atoms with van der Waals surface area (Å²) in [6, 6.07) is 12.7. The number of hydrogen-bond donors (Lipinski definition) is 1. The van der Waals surface area contributed by atoms with Crippen molar-refractivity contribution in [3.05, 3.63) is 81.4 Å². The molecule has 0 unspecified atom stereocenters. The molecule has 0 radical (unpaired) electrons. The van der Waals surface area contributed by atoms with Crippen molar-refractivity contribution in [2.24, 2.45) is 4.99 Å². The minimum atomic E-state index is -0.480. The average molecular weight is 377 g/mol. The van der Waals surface area contributed by atoms with Crippen molar-refractivity contribution < 1.29 is 19.2 Å². The van der Waals surface area contributed by atoms with Crippen molar-refractivity contribution in [2.45, 2.75) is 6.92 Å². The molecule has 1 N–H and O–H groups in total. The van der Waals surface area contributed by atoms with E-state index < -0.39 is 10.9 Å². The SMILES string of the molecule is CC(=O)c1ccc(N=Cc2nc(/C=C/c3cccc([N+](=O)[O-])c3)oc2O)cc1. The number of carbonyl (C=O) groups is 1. The minimum absolute atomic E-state index is 0.0268. The van der Waals surface area contributed by atoms with Crippen LogP contribution in [0.4, 0.5) is 11.4 Å². The predicted molar refractivity (Wildman–Crippen MR) is 104 cm³/mol. The normalized spacial score (nSPS) is 11.3. The van der Waals surface area contributed by atoms with Gasteiger partial charge in [-0.05, 0) is 42.8 Å². The van der Waals surface area contributed by atoms with E-state index in [2.05, 4.69) is 9.98 Å². The van der Waals surface area contributed by atoms with Crippen molar-refractivity contribution >= 4 is 35.5 Å². The Hall–Kier alpha value is -4.07. The molecule has 8 nitrogen and oxygen atoms in total. The summed E-state index contributed by atoms with van der Waals surface area (Å²) in [5.41, 5.74) is 1.86. The van der Waals surface area contributed by atoms with E-state index in [9.17, 15) is 20.0 Å². The first-order valence-corrected chi connectivity index (χ1v) is 8.20. The molecule has 0 spiro atoms. The van der Waals surface area contributed by atoms with E-state index in [1.165, 1.54) is 31.3 Å². The zero-order valence-electron chi connectivity index (χ0n) is 14.8. The standard InChI is InChI=1S/C20H15N3O5/c1-13(24)15-6-8-16(9-7-15)21-12-18-20(25)28-19(22-18)10-5-14-3-2-4-17(11-14)23(26)27/h2-12,25H,1H3/b10-5+,21-12?. The Balaban J connectivity index is 1.74. The fourth-order valence-electron chi connectivity index (χ4n) is 2.32. The maximum absolute atomic E-state index is 11.3. The number of ketones is 1. The lowest BCUT2D eigenvalue weighted by Crippen LogP contribution is -1.89. The molecule has 0 aliphatic heterocycles. The smallest absolute Gasteiger partial charge is 0.312 e. The molecule has 1 aromatic heterocycles. The molecule has 0 fully saturated rings. The first-order chi connectivity index (χ1) is 13.4. The summed E-state index contributed by atoms with van der Waals surface area (Å²) in [6.45, 7) is 1.48. The second-order valence-electron chi connectivity index (χ2n) is 5.79. The van der Waals surface area contributed by atoms with E-state index in [1.807, 2.05) is 0 Å². The highest BCUT2D eigenvalue weighted by Gasteiger charge is 2.09. The lowest BCUT2D eigenvalue weighted by molar-refractivity contribution is -0.384. The number of non-ortho nitro benzene ring substituents is 1. The van der Waals surface area contributed by atoms with Crippen LogP contribution in [0, 0.1) is 10.1 Å². The van der Waals surface area contributed by atoms with Crippen molar-refractivity contribution in [1.29, 1.82) is 0 Å². The van der Waals surface area contributed by atoms with Gasteiger partial charge in [-0.1, -0.05) is 12.1 Å². The second-order valence-corrected chi connectivity index (χ2v) is 5.79. The Labute approximate surface area is 159 Å². The molecule has 3 aromatic rings. The zero-order valence-corrected chi connectivity index (χ0v) is 14.8. The number of nitro groups is 1. The summed E-state index contributed by atoms with van der Waals surface area (Å²) in [7, 11) is 0. The number of benzene rings is 2. The third-order valence-corrected chi connectivity index (χ3v) is 3.76. The van der Waals surface area contributed by atoms with Gasteiger partial charge >= 0.3 is 5.95 Å². The van der Waals surface area contributed by atoms with Crippen LogP contribution in [0.1, 0.15) is 34.4 Å². The monoisotopic (exact) mass is 377 g/mol. The van der Waals surface area contributed by atoms with Gasteiger partial charge in [0.15, 0.2) is 11.5 Å². The molecule has 0 saturated heterocycles. The van der Waals surface area contributed by atoms with Crippen LogP contribution in [0.3, 0.4) is 0 Å². The molecule has 8 heteroatoms. The number of hydrogen-bond acceptors (Lipinski definition) is 7. The molecule has 0 amide bonds. The minimum Gasteiger partial charge on any atom is -0.479 e. The number of nitro benzene ring substituents is 1. The van der Waals surface area contributed by atoms with Crippen LogP contribution in [0.25, 0.3) is 12.2 Å². The largest absolute Gasteiger partial charge is 0.479 e. The number of carbonyl (C=O) groups excluding carboxylic acids is 1. The van der Waals surface area contributed by atoms with Gasteiger partial charge in [0.2, 0.25) is 5.89 Å². The van der Waals surface area contributed by atoms with Crippen molar-refractivity contribution in [2.75, 3.05) is 0 Å². The molecular weight excluding hydrogens is 362 g/mol. The van der Waals surface area contributed by atoms with Gasteiger partial charge in [-0.2, -0.15) is 0 Å². The summed E-state index contributed by atoms with van der Waals surface area (Å²) < 4.78 is 5.14. The topological polar surface area (TPSA) is 119 Å². The summed E-state index contributed by atoms with van der Waals surface area (Å²) >= 11 is 0. The van der Waals surface area contributed by atoms with Gasteiger partial charge in [-0.25, -0.2) is 4.98 Å². The maximum atomic E-state index is 11.3. The van der Waals surface area contributed by atoms with Crippen LogP contribution < -0.4 is 0 Å². The van der Waals surface area contributed by atoms with E-state index >= 15 is 0 Å². The fraction of sp³-hybridized carbons (Fsp3) is 0.0500. The summed E-state index contributed by atoms with van der Waals surface area (Å²) in [5, 5.41) is 20.7. The average Bonchev–Trinajstić information content (AvgIpc) is 3.05. The number of nitrogens with zero attached hydrogens (tertiary/aromatic N) is 3. The van der Waals surface area contributed by atoms with Gasteiger partial charge < -0.3 is 9.52 Å². The van der Waals surface area contributed by atoms with Gasteiger partial charge in [0.25, 0.3) is 5.69 Å².